The van der Waals surface area contributed by atoms with Crippen LogP contribution in [-0.4, -0.2) is 54.5 Å². The molecule has 0 unspecified atom stereocenters. The van der Waals surface area contributed by atoms with Crippen LogP contribution >= 0.6 is 0 Å². The number of piperidine rings is 1. The van der Waals surface area contributed by atoms with E-state index in [0.717, 1.165) is 18.4 Å². The summed E-state index contributed by atoms with van der Waals surface area (Å²) >= 11 is 0. The summed E-state index contributed by atoms with van der Waals surface area (Å²) in [6.45, 7) is 2.41. The van der Waals surface area contributed by atoms with Crippen LogP contribution < -0.4 is 5.73 Å². The number of primary amides is 1. The number of halogens is 1. The smallest absolute Gasteiger partial charge is 0.314 e. The van der Waals surface area contributed by atoms with Crippen LogP contribution in [0.25, 0.3) is 0 Å². The molecule has 0 aromatic heterocycles. The molecule has 24 heavy (non-hydrogen) atoms. The van der Waals surface area contributed by atoms with Gasteiger partial charge in [-0.3, -0.25) is 4.79 Å². The molecule has 0 spiro atoms. The van der Waals surface area contributed by atoms with Crippen molar-refractivity contribution in [2.75, 3.05) is 32.8 Å². The zero-order chi connectivity index (χ0) is 17.1. The third-order valence-electron chi connectivity index (χ3n) is 4.70. The summed E-state index contributed by atoms with van der Waals surface area (Å²) in [5.41, 5.74) is 6.19. The van der Waals surface area contributed by atoms with E-state index >= 15 is 0 Å². The number of carbonyl (C=O) groups excluding carboxylic acids is 2. The lowest BCUT2D eigenvalue weighted by molar-refractivity contribution is -0.144. The predicted octanol–water partition coefficient (Wildman–Crippen LogP) is 1.52. The topological polar surface area (TPSA) is 75.9 Å². The highest BCUT2D eigenvalue weighted by Crippen LogP contribution is 2.25. The Bertz CT molecular complexity index is 608. The van der Waals surface area contributed by atoms with E-state index in [4.69, 9.17) is 10.5 Å². The number of urea groups is 1. The molecule has 7 heteroatoms. The Morgan fingerprint density at radius 2 is 1.88 bits per heavy atom. The van der Waals surface area contributed by atoms with Crippen LogP contribution in [0, 0.1) is 11.7 Å². The lowest BCUT2D eigenvalue weighted by Gasteiger charge is -2.38. The first-order valence-electron chi connectivity index (χ1n) is 8.25. The highest BCUT2D eigenvalue weighted by molar-refractivity contribution is 5.80. The molecule has 0 bridgehead atoms. The van der Waals surface area contributed by atoms with E-state index in [0.29, 0.717) is 32.8 Å². The minimum absolute atomic E-state index is 0.0383. The molecule has 2 saturated heterocycles. The third kappa shape index (κ3) is 3.67. The van der Waals surface area contributed by atoms with E-state index in [2.05, 4.69) is 0 Å². The number of ether oxygens (including phenoxy) is 1. The molecule has 0 radical (unpaired) electrons. The fourth-order valence-electron chi connectivity index (χ4n) is 3.37. The van der Waals surface area contributed by atoms with Gasteiger partial charge in [-0.1, -0.05) is 12.1 Å². The molecule has 3 rings (SSSR count). The van der Waals surface area contributed by atoms with Crippen LogP contribution in [0.5, 0.6) is 0 Å². The number of carbonyl (C=O) groups is 2. The number of likely N-dealkylation sites (tertiary alicyclic amines) is 1. The molecule has 2 fully saturated rings. The van der Waals surface area contributed by atoms with Gasteiger partial charge in [0.1, 0.15) is 11.9 Å². The van der Waals surface area contributed by atoms with Gasteiger partial charge in [-0.25, -0.2) is 9.18 Å². The lowest BCUT2D eigenvalue weighted by atomic mass is 9.96. The Morgan fingerprint density at radius 3 is 2.58 bits per heavy atom. The van der Waals surface area contributed by atoms with Gasteiger partial charge < -0.3 is 20.3 Å². The number of morpholine rings is 1. The number of nitrogens with zero attached hydrogens (tertiary/aromatic N) is 2. The van der Waals surface area contributed by atoms with Crippen molar-refractivity contribution in [2.45, 2.75) is 18.9 Å². The van der Waals surface area contributed by atoms with Crippen molar-refractivity contribution in [2.24, 2.45) is 11.7 Å². The van der Waals surface area contributed by atoms with Crippen LogP contribution in [0.4, 0.5) is 9.18 Å². The summed E-state index contributed by atoms with van der Waals surface area (Å²) in [6, 6.07) is 5.68. The summed E-state index contributed by atoms with van der Waals surface area (Å²) in [6.07, 6.45) is 1.30. The van der Waals surface area contributed by atoms with E-state index in [-0.39, 0.29) is 23.7 Å². The highest BCUT2D eigenvalue weighted by Gasteiger charge is 2.33. The first-order valence-corrected chi connectivity index (χ1v) is 8.25. The molecule has 1 aromatic carbocycles. The van der Waals surface area contributed by atoms with Gasteiger partial charge >= 0.3 is 6.03 Å². The lowest BCUT2D eigenvalue weighted by Crippen LogP contribution is -2.51. The second kappa shape index (κ2) is 7.17. The Morgan fingerprint density at radius 1 is 1.12 bits per heavy atom. The van der Waals surface area contributed by atoms with Crippen LogP contribution in [-0.2, 0) is 9.53 Å². The maximum absolute atomic E-state index is 13.1. The van der Waals surface area contributed by atoms with Gasteiger partial charge in [0, 0.05) is 19.6 Å². The molecular formula is C17H22FN3O3. The Kier molecular flexibility index (Phi) is 4.99. The van der Waals surface area contributed by atoms with E-state index in [9.17, 15) is 14.0 Å². The molecule has 2 N–H and O–H groups in total. The summed E-state index contributed by atoms with van der Waals surface area (Å²) in [4.78, 5) is 27.4. The minimum atomic E-state index is -0.473. The van der Waals surface area contributed by atoms with E-state index < -0.39 is 6.03 Å². The summed E-state index contributed by atoms with van der Waals surface area (Å²) in [5.74, 6) is -0.467. The van der Waals surface area contributed by atoms with Crippen molar-refractivity contribution in [1.29, 1.82) is 0 Å². The van der Waals surface area contributed by atoms with Gasteiger partial charge in [0.2, 0.25) is 5.91 Å². The third-order valence-corrected chi connectivity index (χ3v) is 4.70. The average Bonchev–Trinajstić information content (AvgIpc) is 2.62. The second-order valence-corrected chi connectivity index (χ2v) is 6.32. The van der Waals surface area contributed by atoms with E-state index in [1.54, 1.807) is 17.0 Å². The Labute approximate surface area is 140 Å². The van der Waals surface area contributed by atoms with Crippen molar-refractivity contribution in [1.82, 2.24) is 9.80 Å². The molecule has 2 atom stereocenters. The van der Waals surface area contributed by atoms with Gasteiger partial charge in [0.05, 0.1) is 19.1 Å². The number of hydrogen-bond acceptors (Lipinski definition) is 3. The Balaban J connectivity index is 1.64. The van der Waals surface area contributed by atoms with Gasteiger partial charge in [-0.15, -0.1) is 0 Å². The summed E-state index contributed by atoms with van der Waals surface area (Å²) < 4.78 is 18.8. The van der Waals surface area contributed by atoms with Gasteiger partial charge in [0.15, 0.2) is 0 Å². The predicted molar refractivity (Wildman–Crippen MR) is 85.6 cm³/mol. The van der Waals surface area contributed by atoms with Crippen LogP contribution in [0.3, 0.4) is 0 Å². The fraction of sp³-hybridized carbons (Fsp3) is 0.529. The monoisotopic (exact) mass is 335 g/mol. The fourth-order valence-corrected chi connectivity index (χ4v) is 3.37. The molecule has 130 valence electrons. The normalized spacial score (nSPS) is 24.7. The maximum atomic E-state index is 13.1. The highest BCUT2D eigenvalue weighted by atomic mass is 19.1. The van der Waals surface area contributed by atoms with Gasteiger partial charge in [-0.05, 0) is 30.5 Å². The number of nitrogens with two attached hydrogens (primary N) is 1. The second-order valence-electron chi connectivity index (χ2n) is 6.32. The average molecular weight is 335 g/mol. The van der Waals surface area contributed by atoms with Crippen molar-refractivity contribution >= 4 is 11.9 Å². The first-order chi connectivity index (χ1) is 11.5. The molecule has 0 aliphatic carbocycles. The molecule has 3 amide bonds. The Hall–Kier alpha value is -2.15. The van der Waals surface area contributed by atoms with Crippen LogP contribution in [0.1, 0.15) is 24.5 Å². The number of rotatable bonds is 2. The number of amides is 3. The minimum Gasteiger partial charge on any atom is -0.370 e. The SMILES string of the molecule is NC(=O)N1CCC[C@@H](C(=O)N2CCO[C@@H](c3ccc(F)cc3)C2)C1. The molecule has 2 aliphatic rings. The largest absolute Gasteiger partial charge is 0.370 e. The zero-order valence-electron chi connectivity index (χ0n) is 13.5. The van der Waals surface area contributed by atoms with Crippen LogP contribution in [0.15, 0.2) is 24.3 Å². The number of benzene rings is 1. The van der Waals surface area contributed by atoms with Gasteiger partial charge in [0.25, 0.3) is 0 Å². The van der Waals surface area contributed by atoms with Crippen molar-refractivity contribution < 1.29 is 18.7 Å². The molecule has 2 heterocycles. The molecule has 0 saturated carbocycles. The zero-order valence-corrected chi connectivity index (χ0v) is 13.5. The summed E-state index contributed by atoms with van der Waals surface area (Å²) in [7, 11) is 0. The molecular weight excluding hydrogens is 313 g/mol. The molecule has 2 aliphatic heterocycles. The standard InChI is InChI=1S/C17H22FN3O3/c18-14-5-3-12(4-6-14)15-11-20(8-9-24-15)16(22)13-2-1-7-21(10-13)17(19)23/h3-6,13,15H,1-2,7-11H2,(H2,19,23)/t13-,15-/m1/s1. The number of hydrogen-bond donors (Lipinski definition) is 1. The molecule has 6 nitrogen and oxygen atoms in total. The maximum Gasteiger partial charge on any atom is 0.314 e. The first kappa shape index (κ1) is 16.7. The quantitative estimate of drug-likeness (QED) is 0.890. The van der Waals surface area contributed by atoms with Crippen molar-refractivity contribution in [3.63, 3.8) is 0 Å². The summed E-state index contributed by atoms with van der Waals surface area (Å²) in [5, 5.41) is 0. The van der Waals surface area contributed by atoms with Gasteiger partial charge in [-0.2, -0.15) is 0 Å². The molecule has 1 aromatic rings. The van der Waals surface area contributed by atoms with Crippen molar-refractivity contribution in [3.05, 3.63) is 35.6 Å². The van der Waals surface area contributed by atoms with E-state index in [1.165, 1.54) is 17.0 Å². The van der Waals surface area contributed by atoms with Crippen molar-refractivity contribution in [3.8, 4) is 0 Å². The van der Waals surface area contributed by atoms with E-state index in [1.807, 2.05) is 0 Å². The van der Waals surface area contributed by atoms with Crippen LogP contribution in [0.2, 0.25) is 0 Å².